The van der Waals surface area contributed by atoms with Gasteiger partial charge in [0.15, 0.2) is 0 Å². The predicted octanol–water partition coefficient (Wildman–Crippen LogP) is 0.165. The van der Waals surface area contributed by atoms with Gasteiger partial charge in [0, 0.05) is 43.4 Å². The maximum absolute atomic E-state index is 13.4. The van der Waals surface area contributed by atoms with Gasteiger partial charge in [0.05, 0.1) is 25.3 Å². The number of amides is 8. The van der Waals surface area contributed by atoms with Crippen molar-refractivity contribution in [3.05, 3.63) is 65.2 Å². The van der Waals surface area contributed by atoms with Gasteiger partial charge in [0.2, 0.25) is 35.4 Å². The molecule has 3 aliphatic rings. The van der Waals surface area contributed by atoms with Crippen molar-refractivity contribution in [1.29, 1.82) is 0 Å². The summed E-state index contributed by atoms with van der Waals surface area (Å²) >= 11 is 0. The van der Waals surface area contributed by atoms with Crippen LogP contribution in [0.1, 0.15) is 75.5 Å². The molecule has 5 rings (SSSR count). The fourth-order valence-electron chi connectivity index (χ4n) is 6.61. The summed E-state index contributed by atoms with van der Waals surface area (Å²) in [6, 6.07) is 12.9. The van der Waals surface area contributed by atoms with Crippen molar-refractivity contribution in [2.24, 2.45) is 5.92 Å². The number of para-hydroxylation sites is 1. The topological polar surface area (TPSA) is 230 Å². The van der Waals surface area contributed by atoms with Crippen LogP contribution in [0, 0.1) is 17.8 Å². The zero-order chi connectivity index (χ0) is 42.5. The summed E-state index contributed by atoms with van der Waals surface area (Å²) < 4.78 is 5.11. The molecule has 2 aromatic rings. The van der Waals surface area contributed by atoms with Gasteiger partial charge in [-0.25, -0.2) is 4.79 Å². The van der Waals surface area contributed by atoms with Gasteiger partial charge in [-0.3, -0.25) is 38.4 Å². The molecule has 0 aliphatic carbocycles. The van der Waals surface area contributed by atoms with E-state index in [1.807, 2.05) is 49.4 Å². The van der Waals surface area contributed by atoms with Gasteiger partial charge in [-0.1, -0.05) is 62.4 Å². The van der Waals surface area contributed by atoms with E-state index in [1.165, 1.54) is 4.90 Å². The molecule has 18 nitrogen and oxygen atoms in total. The van der Waals surface area contributed by atoms with Crippen LogP contribution in [0.2, 0.25) is 0 Å². The van der Waals surface area contributed by atoms with E-state index in [2.05, 4.69) is 33.1 Å². The number of ether oxygens (including phenoxy) is 1. The number of hydrogen-bond donors (Lipinski definition) is 4. The average Bonchev–Trinajstić information content (AvgIpc) is 3.85. The standard InChI is InChI=1S/C41H47N7O11/c1-3-26(2)39(41(57)44-25-58-24-38(55)59-48-35(52)18-19-36(48)53)45-40(56)31-13-8-20-46(31)37(54)22-43-33(50)21-42-32(49)16-17-34(51)47-23-29-11-5-4-9-27(29)14-15-28-10-6-7-12-30(28)47/h4-7,9-12,26,31,39H,3,8,13,16-25H2,1-2H3,(H,42,49)(H,43,50)(H,44,57)(H,45,56)/t26?,31-,39?/m0/s1. The summed E-state index contributed by atoms with van der Waals surface area (Å²) in [5.74, 6) is 0.483. The van der Waals surface area contributed by atoms with E-state index in [1.54, 1.807) is 17.9 Å². The molecule has 2 aromatic carbocycles. The fraction of sp³-hybridized carbons (Fsp3) is 0.439. The minimum atomic E-state index is -1.02. The smallest absolute Gasteiger partial charge is 0.349 e. The molecule has 4 N–H and O–H groups in total. The van der Waals surface area contributed by atoms with Crippen molar-refractivity contribution in [2.45, 2.75) is 77.4 Å². The van der Waals surface area contributed by atoms with Crippen LogP contribution in [0.3, 0.4) is 0 Å². The van der Waals surface area contributed by atoms with E-state index in [4.69, 9.17) is 9.57 Å². The lowest BCUT2D eigenvalue weighted by Crippen LogP contribution is -2.56. The highest BCUT2D eigenvalue weighted by molar-refractivity contribution is 6.02. The molecule has 3 heterocycles. The zero-order valence-corrected chi connectivity index (χ0v) is 32.9. The molecular formula is C41H47N7O11. The number of imide groups is 1. The first kappa shape index (κ1) is 43.5. The molecule has 2 saturated heterocycles. The van der Waals surface area contributed by atoms with Gasteiger partial charge in [-0.15, -0.1) is 5.06 Å². The van der Waals surface area contributed by atoms with Crippen molar-refractivity contribution < 1.29 is 52.7 Å². The molecule has 0 spiro atoms. The number of rotatable bonds is 17. The average molecular weight is 814 g/mol. The Hall–Kier alpha value is -6.61. The molecule has 0 saturated carbocycles. The molecule has 0 aromatic heterocycles. The third-order valence-electron chi connectivity index (χ3n) is 10.1. The number of likely N-dealkylation sites (tertiary alicyclic amines) is 1. The first-order valence-corrected chi connectivity index (χ1v) is 19.4. The first-order valence-electron chi connectivity index (χ1n) is 19.4. The third kappa shape index (κ3) is 11.7. The normalized spacial score (nSPS) is 16.6. The summed E-state index contributed by atoms with van der Waals surface area (Å²) in [7, 11) is 0. The first-order chi connectivity index (χ1) is 28.4. The Kier molecular flexibility index (Phi) is 15.3. The minimum absolute atomic E-state index is 0.0626. The Balaban J connectivity index is 1.03. The zero-order valence-electron chi connectivity index (χ0n) is 32.9. The number of anilines is 1. The molecule has 312 valence electrons. The molecule has 59 heavy (non-hydrogen) atoms. The van der Waals surface area contributed by atoms with Gasteiger partial charge in [0.25, 0.3) is 11.8 Å². The molecule has 0 radical (unpaired) electrons. The maximum atomic E-state index is 13.4. The molecule has 18 heteroatoms. The van der Waals surface area contributed by atoms with Crippen LogP contribution < -0.4 is 26.2 Å². The van der Waals surface area contributed by atoms with Crippen molar-refractivity contribution >= 4 is 58.9 Å². The predicted molar refractivity (Wildman–Crippen MR) is 208 cm³/mol. The Morgan fingerprint density at radius 2 is 1.51 bits per heavy atom. The number of nitrogens with one attached hydrogen (secondary N) is 4. The molecule has 3 aliphatic heterocycles. The van der Waals surface area contributed by atoms with Gasteiger partial charge in [0.1, 0.15) is 25.4 Å². The van der Waals surface area contributed by atoms with Crippen LogP contribution in [0.25, 0.3) is 0 Å². The van der Waals surface area contributed by atoms with Gasteiger partial charge >= 0.3 is 5.97 Å². The number of hydroxylamine groups is 2. The van der Waals surface area contributed by atoms with Crippen LogP contribution >= 0.6 is 0 Å². The number of hydrogen-bond acceptors (Lipinski definition) is 11. The molecular weight excluding hydrogens is 766 g/mol. The molecule has 2 unspecified atom stereocenters. The number of benzene rings is 2. The van der Waals surface area contributed by atoms with Crippen molar-refractivity contribution in [3.63, 3.8) is 0 Å². The minimum Gasteiger partial charge on any atom is -0.349 e. The van der Waals surface area contributed by atoms with E-state index in [0.717, 1.165) is 11.1 Å². The van der Waals surface area contributed by atoms with Gasteiger partial charge < -0.3 is 40.6 Å². The molecule has 3 atom stereocenters. The van der Waals surface area contributed by atoms with Gasteiger partial charge in [-0.2, -0.15) is 0 Å². The highest BCUT2D eigenvalue weighted by Gasteiger charge is 2.37. The van der Waals surface area contributed by atoms with Crippen LogP contribution in [-0.2, 0) is 59.3 Å². The van der Waals surface area contributed by atoms with E-state index in [0.29, 0.717) is 35.6 Å². The van der Waals surface area contributed by atoms with Crippen molar-refractivity contribution in [3.8, 4) is 11.8 Å². The summed E-state index contributed by atoms with van der Waals surface area (Å²) in [6.07, 6.45) is 0.919. The van der Waals surface area contributed by atoms with Gasteiger partial charge in [-0.05, 0) is 42.5 Å². The third-order valence-corrected chi connectivity index (χ3v) is 10.1. The lowest BCUT2D eigenvalue weighted by atomic mass is 9.97. The molecule has 0 bridgehead atoms. The Labute approximate surface area is 340 Å². The second-order valence-electron chi connectivity index (χ2n) is 14.2. The quantitative estimate of drug-likeness (QED) is 0.0728. The van der Waals surface area contributed by atoms with Crippen LogP contribution in [0.4, 0.5) is 5.69 Å². The second-order valence-corrected chi connectivity index (χ2v) is 14.2. The number of carbonyl (C=O) groups excluding carboxylic acids is 9. The maximum Gasteiger partial charge on any atom is 0.358 e. The summed E-state index contributed by atoms with van der Waals surface area (Å²) in [5, 5.41) is 10.5. The number of carbonyl (C=O) groups is 9. The largest absolute Gasteiger partial charge is 0.358 e. The van der Waals surface area contributed by atoms with E-state index < -0.39 is 85.8 Å². The highest BCUT2D eigenvalue weighted by atomic mass is 16.7. The van der Waals surface area contributed by atoms with Crippen LogP contribution in [-0.4, -0.2) is 108 Å². The lowest BCUT2D eigenvalue weighted by Gasteiger charge is -2.28. The second kappa shape index (κ2) is 20.7. The summed E-state index contributed by atoms with van der Waals surface area (Å²) in [5.41, 5.74) is 3.01. The van der Waals surface area contributed by atoms with Crippen molar-refractivity contribution in [1.82, 2.24) is 31.2 Å². The number of nitrogens with zero attached hydrogens (tertiary/aromatic N) is 3. The summed E-state index contributed by atoms with van der Waals surface area (Å²) in [6.45, 7) is 2.12. The highest BCUT2D eigenvalue weighted by Crippen LogP contribution is 2.26. The van der Waals surface area contributed by atoms with E-state index in [-0.39, 0.29) is 50.6 Å². The monoisotopic (exact) mass is 813 g/mol. The van der Waals surface area contributed by atoms with Crippen molar-refractivity contribution in [2.75, 3.05) is 37.9 Å². The SMILES string of the molecule is CCC(C)C(NC(=O)[C@@H]1CCCN1C(=O)CNC(=O)CNC(=O)CCC(=O)N1Cc2ccccc2C#Cc2ccccc21)C(=O)NCOCC(=O)ON1C(=O)CCC1=O. The summed E-state index contributed by atoms with van der Waals surface area (Å²) in [4.78, 5) is 121. The Morgan fingerprint density at radius 3 is 2.25 bits per heavy atom. The lowest BCUT2D eigenvalue weighted by molar-refractivity contribution is -0.200. The van der Waals surface area contributed by atoms with E-state index >= 15 is 0 Å². The van der Waals surface area contributed by atoms with E-state index in [9.17, 15) is 43.2 Å². The van der Waals surface area contributed by atoms with Crippen LogP contribution in [0.15, 0.2) is 48.5 Å². The van der Waals surface area contributed by atoms with Crippen LogP contribution in [0.5, 0.6) is 0 Å². The number of fused-ring (bicyclic) bond motifs is 2. The molecule has 2 fully saturated rings. The fourth-order valence-corrected chi connectivity index (χ4v) is 6.61. The Morgan fingerprint density at radius 1 is 0.831 bits per heavy atom. The molecule has 8 amide bonds. The Bertz CT molecular complexity index is 2030.